The van der Waals surface area contributed by atoms with E-state index in [1.54, 1.807) is 0 Å². The van der Waals surface area contributed by atoms with Crippen molar-refractivity contribution in [3.05, 3.63) is 29.8 Å². The first-order chi connectivity index (χ1) is 7.63. The third-order valence-electron chi connectivity index (χ3n) is 2.38. The fraction of sp³-hybridized carbons (Fsp3) is 0.462. The van der Waals surface area contributed by atoms with Crippen LogP contribution in [-0.4, -0.2) is 19.0 Å². The lowest BCUT2D eigenvalue weighted by atomic mass is 10.0. The predicted octanol–water partition coefficient (Wildman–Crippen LogP) is 2.36. The normalized spacial score (nSPS) is 10.2. The minimum atomic E-state index is 0.0254. The van der Waals surface area contributed by atoms with Gasteiger partial charge < -0.3 is 10.6 Å². The molecule has 0 spiro atoms. The SMILES string of the molecule is CCNC(=O)CNc1cccc(C(C)C)c1. The summed E-state index contributed by atoms with van der Waals surface area (Å²) in [6.07, 6.45) is 0. The van der Waals surface area contributed by atoms with Gasteiger partial charge in [-0.2, -0.15) is 0 Å². The Balaban J connectivity index is 2.54. The monoisotopic (exact) mass is 220 g/mol. The van der Waals surface area contributed by atoms with Crippen molar-refractivity contribution in [2.45, 2.75) is 26.7 Å². The number of carbonyl (C=O) groups is 1. The highest BCUT2D eigenvalue weighted by Crippen LogP contribution is 2.18. The average Bonchev–Trinajstić information content (AvgIpc) is 2.27. The molecule has 1 aromatic rings. The van der Waals surface area contributed by atoms with Crippen molar-refractivity contribution >= 4 is 11.6 Å². The van der Waals surface area contributed by atoms with E-state index in [0.717, 1.165) is 5.69 Å². The van der Waals surface area contributed by atoms with Crippen LogP contribution in [0.3, 0.4) is 0 Å². The Morgan fingerprint density at radius 1 is 1.38 bits per heavy atom. The van der Waals surface area contributed by atoms with E-state index in [1.807, 2.05) is 19.1 Å². The quantitative estimate of drug-likeness (QED) is 0.799. The maximum absolute atomic E-state index is 11.3. The van der Waals surface area contributed by atoms with Gasteiger partial charge in [-0.25, -0.2) is 0 Å². The number of anilines is 1. The summed E-state index contributed by atoms with van der Waals surface area (Å²) < 4.78 is 0. The van der Waals surface area contributed by atoms with Crippen LogP contribution in [-0.2, 0) is 4.79 Å². The molecule has 2 N–H and O–H groups in total. The molecular formula is C13H20N2O. The number of hydrogen-bond donors (Lipinski definition) is 2. The summed E-state index contributed by atoms with van der Waals surface area (Å²) in [7, 11) is 0. The lowest BCUT2D eigenvalue weighted by Gasteiger charge is -2.10. The molecular weight excluding hydrogens is 200 g/mol. The van der Waals surface area contributed by atoms with Gasteiger partial charge in [-0.1, -0.05) is 26.0 Å². The molecule has 0 unspecified atom stereocenters. The second-order valence-electron chi connectivity index (χ2n) is 4.09. The molecule has 1 amide bonds. The maximum atomic E-state index is 11.3. The van der Waals surface area contributed by atoms with Crippen molar-refractivity contribution < 1.29 is 4.79 Å². The van der Waals surface area contributed by atoms with E-state index in [9.17, 15) is 4.79 Å². The summed E-state index contributed by atoms with van der Waals surface area (Å²) in [5.74, 6) is 0.531. The zero-order valence-electron chi connectivity index (χ0n) is 10.2. The molecule has 0 fully saturated rings. The van der Waals surface area contributed by atoms with Crippen LogP contribution in [0.2, 0.25) is 0 Å². The van der Waals surface area contributed by atoms with E-state index in [0.29, 0.717) is 19.0 Å². The van der Waals surface area contributed by atoms with Crippen LogP contribution in [0, 0.1) is 0 Å². The van der Waals surface area contributed by atoms with Crippen LogP contribution in [0.1, 0.15) is 32.3 Å². The molecule has 0 atom stereocenters. The van der Waals surface area contributed by atoms with Crippen molar-refractivity contribution in [1.82, 2.24) is 5.32 Å². The van der Waals surface area contributed by atoms with E-state index in [-0.39, 0.29) is 5.91 Å². The third kappa shape index (κ3) is 3.93. The number of rotatable bonds is 5. The van der Waals surface area contributed by atoms with Gasteiger partial charge >= 0.3 is 0 Å². The van der Waals surface area contributed by atoms with Crippen LogP contribution >= 0.6 is 0 Å². The Kier molecular flexibility index (Phi) is 4.83. The van der Waals surface area contributed by atoms with Gasteiger partial charge in [-0.15, -0.1) is 0 Å². The van der Waals surface area contributed by atoms with Crippen molar-refractivity contribution in [2.75, 3.05) is 18.4 Å². The molecule has 16 heavy (non-hydrogen) atoms. The highest BCUT2D eigenvalue weighted by atomic mass is 16.1. The number of amides is 1. The van der Waals surface area contributed by atoms with Gasteiger partial charge in [0.15, 0.2) is 0 Å². The molecule has 0 aromatic heterocycles. The highest BCUT2D eigenvalue weighted by Gasteiger charge is 2.02. The molecule has 0 aliphatic rings. The van der Waals surface area contributed by atoms with Gasteiger partial charge in [0.05, 0.1) is 6.54 Å². The second kappa shape index (κ2) is 6.16. The zero-order valence-corrected chi connectivity index (χ0v) is 10.2. The number of nitrogens with one attached hydrogen (secondary N) is 2. The summed E-state index contributed by atoms with van der Waals surface area (Å²) in [6, 6.07) is 8.17. The first kappa shape index (κ1) is 12.6. The Morgan fingerprint density at radius 2 is 2.12 bits per heavy atom. The number of hydrogen-bond acceptors (Lipinski definition) is 2. The molecule has 0 radical (unpaired) electrons. The molecule has 0 saturated heterocycles. The van der Waals surface area contributed by atoms with E-state index in [2.05, 4.69) is 36.6 Å². The van der Waals surface area contributed by atoms with Crippen LogP contribution in [0.25, 0.3) is 0 Å². The molecule has 0 heterocycles. The Morgan fingerprint density at radius 3 is 2.75 bits per heavy atom. The number of carbonyl (C=O) groups excluding carboxylic acids is 1. The summed E-state index contributed by atoms with van der Waals surface area (Å²) in [5.41, 5.74) is 2.28. The number of likely N-dealkylation sites (N-methyl/N-ethyl adjacent to an activating group) is 1. The van der Waals surface area contributed by atoms with Gasteiger partial charge in [0, 0.05) is 12.2 Å². The summed E-state index contributed by atoms with van der Waals surface area (Å²) in [4.78, 5) is 11.3. The maximum Gasteiger partial charge on any atom is 0.239 e. The standard InChI is InChI=1S/C13H20N2O/c1-4-14-13(16)9-15-12-7-5-6-11(8-12)10(2)3/h5-8,10,15H,4,9H2,1-3H3,(H,14,16). The molecule has 0 saturated carbocycles. The van der Waals surface area contributed by atoms with Gasteiger partial charge in [0.25, 0.3) is 0 Å². The molecule has 0 bridgehead atoms. The van der Waals surface area contributed by atoms with Crippen LogP contribution in [0.4, 0.5) is 5.69 Å². The highest BCUT2D eigenvalue weighted by molar-refractivity contribution is 5.80. The van der Waals surface area contributed by atoms with Crippen LogP contribution in [0.5, 0.6) is 0 Å². The van der Waals surface area contributed by atoms with E-state index < -0.39 is 0 Å². The zero-order chi connectivity index (χ0) is 12.0. The fourth-order valence-electron chi connectivity index (χ4n) is 1.45. The minimum absolute atomic E-state index is 0.0254. The molecule has 3 nitrogen and oxygen atoms in total. The Labute approximate surface area is 97.2 Å². The smallest absolute Gasteiger partial charge is 0.239 e. The average molecular weight is 220 g/mol. The van der Waals surface area contributed by atoms with Crippen molar-refractivity contribution in [2.24, 2.45) is 0 Å². The van der Waals surface area contributed by atoms with Crippen molar-refractivity contribution in [1.29, 1.82) is 0 Å². The lowest BCUT2D eigenvalue weighted by molar-refractivity contribution is -0.119. The van der Waals surface area contributed by atoms with Gasteiger partial charge in [0.2, 0.25) is 5.91 Å². The van der Waals surface area contributed by atoms with Crippen molar-refractivity contribution in [3.63, 3.8) is 0 Å². The summed E-state index contributed by atoms with van der Waals surface area (Å²) in [6.45, 7) is 7.23. The fourth-order valence-corrected chi connectivity index (χ4v) is 1.45. The Bertz CT molecular complexity index is 348. The molecule has 0 aliphatic heterocycles. The van der Waals surface area contributed by atoms with E-state index >= 15 is 0 Å². The van der Waals surface area contributed by atoms with Crippen molar-refractivity contribution in [3.8, 4) is 0 Å². The third-order valence-corrected chi connectivity index (χ3v) is 2.38. The van der Waals surface area contributed by atoms with E-state index in [1.165, 1.54) is 5.56 Å². The van der Waals surface area contributed by atoms with Gasteiger partial charge in [-0.05, 0) is 30.5 Å². The first-order valence-corrected chi connectivity index (χ1v) is 5.74. The second-order valence-corrected chi connectivity index (χ2v) is 4.09. The van der Waals surface area contributed by atoms with Gasteiger partial charge in [0.1, 0.15) is 0 Å². The summed E-state index contributed by atoms with van der Waals surface area (Å²) >= 11 is 0. The first-order valence-electron chi connectivity index (χ1n) is 5.74. The largest absolute Gasteiger partial charge is 0.376 e. The molecule has 3 heteroatoms. The molecule has 88 valence electrons. The molecule has 1 rings (SSSR count). The molecule has 1 aromatic carbocycles. The van der Waals surface area contributed by atoms with E-state index in [4.69, 9.17) is 0 Å². The lowest BCUT2D eigenvalue weighted by Crippen LogP contribution is -2.29. The van der Waals surface area contributed by atoms with Crippen LogP contribution < -0.4 is 10.6 Å². The minimum Gasteiger partial charge on any atom is -0.376 e. The number of benzene rings is 1. The van der Waals surface area contributed by atoms with Gasteiger partial charge in [-0.3, -0.25) is 4.79 Å². The summed E-state index contributed by atoms with van der Waals surface area (Å²) in [5, 5.41) is 5.86. The Hall–Kier alpha value is -1.51. The predicted molar refractivity (Wildman–Crippen MR) is 67.7 cm³/mol. The molecule has 0 aliphatic carbocycles. The topological polar surface area (TPSA) is 41.1 Å². The van der Waals surface area contributed by atoms with Crippen LogP contribution in [0.15, 0.2) is 24.3 Å².